The first-order valence-corrected chi connectivity index (χ1v) is 9.56. The fourth-order valence-electron chi connectivity index (χ4n) is 4.13. The number of aliphatic hydroxyl groups is 1. The van der Waals surface area contributed by atoms with E-state index in [0.717, 1.165) is 5.56 Å². The second-order valence-corrected chi connectivity index (χ2v) is 7.06. The van der Waals surface area contributed by atoms with E-state index >= 15 is 0 Å². The van der Waals surface area contributed by atoms with Crippen LogP contribution in [0.1, 0.15) is 5.56 Å². The van der Waals surface area contributed by atoms with Gasteiger partial charge in [0.1, 0.15) is 0 Å². The summed E-state index contributed by atoms with van der Waals surface area (Å²) in [6.45, 7) is 0.0642. The zero-order valence-electron chi connectivity index (χ0n) is 15.5. The van der Waals surface area contributed by atoms with Crippen LogP contribution in [-0.2, 0) is 6.61 Å². The van der Waals surface area contributed by atoms with E-state index in [-0.39, 0.29) is 6.61 Å². The maximum atomic E-state index is 9.41. The van der Waals surface area contributed by atoms with Gasteiger partial charge in [0, 0.05) is 0 Å². The van der Waals surface area contributed by atoms with E-state index in [4.69, 9.17) is 0 Å². The summed E-state index contributed by atoms with van der Waals surface area (Å²) in [6.07, 6.45) is 0. The van der Waals surface area contributed by atoms with Crippen molar-refractivity contribution in [3.05, 3.63) is 109 Å². The van der Waals surface area contributed by atoms with Crippen LogP contribution in [0.4, 0.5) is 0 Å². The summed E-state index contributed by atoms with van der Waals surface area (Å²) in [4.78, 5) is 0. The van der Waals surface area contributed by atoms with Gasteiger partial charge in [-0.1, -0.05) is 103 Å². The Bertz CT molecular complexity index is 1210. The van der Waals surface area contributed by atoms with Crippen LogP contribution in [0, 0.1) is 0 Å². The molecule has 5 aromatic rings. The first-order valence-electron chi connectivity index (χ1n) is 9.56. The average Bonchev–Trinajstić information content (AvgIpc) is 2.78. The Hall–Kier alpha value is -3.42. The lowest BCUT2D eigenvalue weighted by Crippen LogP contribution is -1.91. The van der Waals surface area contributed by atoms with Crippen LogP contribution in [0.5, 0.6) is 0 Å². The molecule has 134 valence electrons. The molecule has 0 saturated heterocycles. The van der Waals surface area contributed by atoms with Gasteiger partial charge in [-0.05, 0) is 49.4 Å². The standard InChI is InChI=1S/C27H20O/c28-18-19-14-16-21(17-15-19)27-24-12-6-4-10-22(24)26(20-8-2-1-3-9-20)23-11-5-7-13-25(23)27/h1-17,28H,18H2. The normalized spacial score (nSPS) is 11.2. The maximum absolute atomic E-state index is 9.41. The van der Waals surface area contributed by atoms with Gasteiger partial charge in [0.25, 0.3) is 0 Å². The molecule has 0 fully saturated rings. The summed E-state index contributed by atoms with van der Waals surface area (Å²) >= 11 is 0. The molecule has 1 N–H and O–H groups in total. The maximum Gasteiger partial charge on any atom is 0.0681 e. The van der Waals surface area contributed by atoms with E-state index in [0.29, 0.717) is 0 Å². The SMILES string of the molecule is OCc1ccc(-c2c3ccccc3c(-c3ccccc3)c3ccccc23)cc1. The Morgan fingerprint density at radius 3 is 1.25 bits per heavy atom. The highest BCUT2D eigenvalue weighted by Gasteiger charge is 2.15. The lowest BCUT2D eigenvalue weighted by molar-refractivity contribution is 0.282. The third-order valence-electron chi connectivity index (χ3n) is 5.42. The Kier molecular flexibility index (Phi) is 4.16. The predicted octanol–water partition coefficient (Wildman–Crippen LogP) is 6.82. The molecule has 0 atom stereocenters. The van der Waals surface area contributed by atoms with E-state index in [1.165, 1.54) is 43.8 Å². The quantitative estimate of drug-likeness (QED) is 0.350. The third kappa shape index (κ3) is 2.69. The van der Waals surface area contributed by atoms with Crippen molar-refractivity contribution in [3.8, 4) is 22.3 Å². The van der Waals surface area contributed by atoms with Gasteiger partial charge in [0.15, 0.2) is 0 Å². The lowest BCUT2D eigenvalue weighted by Gasteiger charge is -2.17. The van der Waals surface area contributed by atoms with E-state index < -0.39 is 0 Å². The Morgan fingerprint density at radius 1 is 0.429 bits per heavy atom. The molecule has 0 aromatic heterocycles. The van der Waals surface area contributed by atoms with Crippen molar-refractivity contribution in [3.63, 3.8) is 0 Å². The summed E-state index contributed by atoms with van der Waals surface area (Å²) < 4.78 is 0. The molecule has 0 aliphatic rings. The van der Waals surface area contributed by atoms with Gasteiger partial charge in [0.05, 0.1) is 6.61 Å². The number of fused-ring (bicyclic) bond motifs is 2. The predicted molar refractivity (Wildman–Crippen MR) is 118 cm³/mol. The minimum absolute atomic E-state index is 0.0642. The van der Waals surface area contributed by atoms with E-state index in [2.05, 4.69) is 91.0 Å². The van der Waals surface area contributed by atoms with Crippen LogP contribution in [-0.4, -0.2) is 5.11 Å². The molecule has 5 aromatic carbocycles. The van der Waals surface area contributed by atoms with Gasteiger partial charge >= 0.3 is 0 Å². The summed E-state index contributed by atoms with van der Waals surface area (Å²) in [7, 11) is 0. The largest absolute Gasteiger partial charge is 0.392 e. The zero-order valence-corrected chi connectivity index (χ0v) is 15.5. The number of benzene rings is 5. The molecule has 1 nitrogen and oxygen atoms in total. The lowest BCUT2D eigenvalue weighted by atomic mass is 9.86. The second kappa shape index (κ2) is 6.95. The molecule has 0 aliphatic heterocycles. The summed E-state index contributed by atoms with van der Waals surface area (Å²) in [5, 5.41) is 14.4. The fourth-order valence-corrected chi connectivity index (χ4v) is 4.13. The van der Waals surface area contributed by atoms with Crippen molar-refractivity contribution in [2.45, 2.75) is 6.61 Å². The van der Waals surface area contributed by atoms with Crippen LogP contribution in [0.3, 0.4) is 0 Å². The molecule has 1 heteroatoms. The molecular formula is C27H20O. The second-order valence-electron chi connectivity index (χ2n) is 7.06. The van der Waals surface area contributed by atoms with E-state index in [1.54, 1.807) is 0 Å². The van der Waals surface area contributed by atoms with Crippen molar-refractivity contribution in [2.75, 3.05) is 0 Å². The highest BCUT2D eigenvalue weighted by Crippen LogP contribution is 2.43. The van der Waals surface area contributed by atoms with Gasteiger partial charge in [-0.2, -0.15) is 0 Å². The topological polar surface area (TPSA) is 20.2 Å². The van der Waals surface area contributed by atoms with Crippen molar-refractivity contribution in [1.29, 1.82) is 0 Å². The number of hydrogen-bond acceptors (Lipinski definition) is 1. The highest BCUT2D eigenvalue weighted by molar-refractivity contribution is 6.21. The van der Waals surface area contributed by atoms with Crippen LogP contribution >= 0.6 is 0 Å². The molecule has 28 heavy (non-hydrogen) atoms. The van der Waals surface area contributed by atoms with Gasteiger partial charge in [0.2, 0.25) is 0 Å². The molecule has 0 unspecified atom stereocenters. The highest BCUT2D eigenvalue weighted by atomic mass is 16.3. The Balaban J connectivity index is 1.94. The molecule has 5 rings (SSSR count). The Morgan fingerprint density at radius 2 is 0.821 bits per heavy atom. The summed E-state index contributed by atoms with van der Waals surface area (Å²) in [5.41, 5.74) is 5.86. The molecule has 0 spiro atoms. The fraction of sp³-hybridized carbons (Fsp3) is 0.0370. The zero-order chi connectivity index (χ0) is 18.9. The number of hydrogen-bond donors (Lipinski definition) is 1. The van der Waals surface area contributed by atoms with Crippen LogP contribution in [0.15, 0.2) is 103 Å². The van der Waals surface area contributed by atoms with Crippen molar-refractivity contribution < 1.29 is 5.11 Å². The van der Waals surface area contributed by atoms with Crippen molar-refractivity contribution >= 4 is 21.5 Å². The average molecular weight is 360 g/mol. The van der Waals surface area contributed by atoms with E-state index in [9.17, 15) is 5.11 Å². The summed E-state index contributed by atoms with van der Waals surface area (Å²) in [5.74, 6) is 0. The molecule has 0 heterocycles. The molecular weight excluding hydrogens is 340 g/mol. The third-order valence-corrected chi connectivity index (χ3v) is 5.42. The minimum Gasteiger partial charge on any atom is -0.392 e. The molecule has 0 bridgehead atoms. The van der Waals surface area contributed by atoms with Crippen LogP contribution < -0.4 is 0 Å². The smallest absolute Gasteiger partial charge is 0.0681 e. The van der Waals surface area contributed by atoms with Crippen molar-refractivity contribution in [1.82, 2.24) is 0 Å². The van der Waals surface area contributed by atoms with Gasteiger partial charge in [-0.3, -0.25) is 0 Å². The minimum atomic E-state index is 0.0642. The molecule has 0 saturated carbocycles. The molecule has 0 radical (unpaired) electrons. The van der Waals surface area contributed by atoms with Gasteiger partial charge in [-0.25, -0.2) is 0 Å². The van der Waals surface area contributed by atoms with Crippen LogP contribution in [0.2, 0.25) is 0 Å². The van der Waals surface area contributed by atoms with Gasteiger partial charge in [-0.15, -0.1) is 0 Å². The van der Waals surface area contributed by atoms with Gasteiger partial charge < -0.3 is 5.11 Å². The van der Waals surface area contributed by atoms with Crippen LogP contribution in [0.25, 0.3) is 43.8 Å². The molecule has 0 aliphatic carbocycles. The Labute approximate surface area is 164 Å². The first-order chi connectivity index (χ1) is 13.9. The van der Waals surface area contributed by atoms with Crippen molar-refractivity contribution in [2.24, 2.45) is 0 Å². The number of rotatable bonds is 3. The number of aliphatic hydroxyl groups excluding tert-OH is 1. The monoisotopic (exact) mass is 360 g/mol. The van der Waals surface area contributed by atoms with E-state index in [1.807, 2.05) is 12.1 Å². The first kappa shape index (κ1) is 16.7. The summed E-state index contributed by atoms with van der Waals surface area (Å²) in [6, 6.07) is 36.2. The molecule has 0 amide bonds.